The number of benzene rings is 3. The van der Waals surface area contributed by atoms with Crippen molar-refractivity contribution in [1.82, 2.24) is 9.88 Å². The first kappa shape index (κ1) is 26.1. The predicted octanol–water partition coefficient (Wildman–Crippen LogP) is 6.36. The Morgan fingerprint density at radius 3 is 2.52 bits per heavy atom. The lowest BCUT2D eigenvalue weighted by atomic mass is 9.89. The van der Waals surface area contributed by atoms with E-state index in [0.29, 0.717) is 44.7 Å². The van der Waals surface area contributed by atoms with E-state index in [1.165, 1.54) is 30.3 Å². The van der Waals surface area contributed by atoms with Gasteiger partial charge in [-0.2, -0.15) is 0 Å². The van der Waals surface area contributed by atoms with Gasteiger partial charge in [-0.25, -0.2) is 4.39 Å². The molecule has 3 heterocycles. The maximum absolute atomic E-state index is 14.0. The summed E-state index contributed by atoms with van der Waals surface area (Å²) in [6, 6.07) is 19.0. The second-order valence-corrected chi connectivity index (χ2v) is 10.6. The van der Waals surface area contributed by atoms with Crippen LogP contribution in [0.3, 0.4) is 0 Å². The van der Waals surface area contributed by atoms with Crippen LogP contribution in [-0.4, -0.2) is 42.2 Å². The summed E-state index contributed by atoms with van der Waals surface area (Å²) in [5, 5.41) is 3.87. The van der Waals surface area contributed by atoms with Gasteiger partial charge in [0.15, 0.2) is 5.78 Å². The van der Waals surface area contributed by atoms with Crippen molar-refractivity contribution in [3.63, 3.8) is 0 Å². The quantitative estimate of drug-likeness (QED) is 0.210. The van der Waals surface area contributed by atoms with Gasteiger partial charge in [-0.15, -0.1) is 0 Å². The van der Waals surface area contributed by atoms with Gasteiger partial charge in [-0.05, 0) is 72.4 Å². The Morgan fingerprint density at radius 2 is 1.80 bits per heavy atom. The number of rotatable bonds is 8. The van der Waals surface area contributed by atoms with Crippen LogP contribution in [0.1, 0.15) is 65.7 Å². The van der Waals surface area contributed by atoms with Gasteiger partial charge in [-0.3, -0.25) is 14.6 Å². The molecule has 0 unspecified atom stereocenters. The second-order valence-electron chi connectivity index (χ2n) is 10.6. The molecular weight excluding hydrogens is 505 g/mol. The summed E-state index contributed by atoms with van der Waals surface area (Å²) in [6.45, 7) is 4.02. The van der Waals surface area contributed by atoms with Crippen LogP contribution in [0.25, 0.3) is 27.7 Å². The number of hydrogen-bond acceptors (Lipinski definition) is 4. The lowest BCUT2D eigenvalue weighted by Gasteiger charge is -2.26. The average Bonchev–Trinajstić information content (AvgIpc) is 3.57. The van der Waals surface area contributed by atoms with E-state index in [-0.39, 0.29) is 23.4 Å². The van der Waals surface area contributed by atoms with E-state index in [2.05, 4.69) is 27.0 Å². The van der Waals surface area contributed by atoms with E-state index in [0.717, 1.165) is 46.1 Å². The first-order valence-electron chi connectivity index (χ1n) is 13.9. The molecule has 6 rings (SSSR count). The number of Topliss-reactive ketones (excluding diaryl/α,β-unsaturated/α-hetero) is 1. The Kier molecular flexibility index (Phi) is 7.30. The first-order chi connectivity index (χ1) is 19.5. The van der Waals surface area contributed by atoms with Crippen molar-refractivity contribution in [3.05, 3.63) is 88.9 Å². The zero-order chi connectivity index (χ0) is 27.6. The average molecular weight is 538 g/mol. The van der Waals surface area contributed by atoms with Gasteiger partial charge < -0.3 is 14.6 Å². The van der Waals surface area contributed by atoms with E-state index in [9.17, 15) is 14.0 Å². The number of carbonyl (C=O) groups is 2. The maximum Gasteiger partial charge on any atom is 0.216 e. The molecule has 0 radical (unpaired) electrons. The Bertz CT molecular complexity index is 1600. The van der Waals surface area contributed by atoms with Crippen LogP contribution in [0, 0.1) is 5.82 Å². The van der Waals surface area contributed by atoms with Crippen LogP contribution in [-0.2, 0) is 16.1 Å². The van der Waals surface area contributed by atoms with Gasteiger partial charge >= 0.3 is 0 Å². The van der Waals surface area contributed by atoms with Crippen LogP contribution in [0.5, 0.6) is 0 Å². The van der Waals surface area contributed by atoms with Gasteiger partial charge in [0, 0.05) is 73.1 Å². The summed E-state index contributed by atoms with van der Waals surface area (Å²) in [4.78, 5) is 28.4. The number of aromatic nitrogens is 1. The van der Waals surface area contributed by atoms with E-state index < -0.39 is 0 Å². The van der Waals surface area contributed by atoms with Crippen molar-refractivity contribution in [1.29, 1.82) is 0 Å². The number of nitrogens with one attached hydrogen (secondary N) is 1. The van der Waals surface area contributed by atoms with Crippen molar-refractivity contribution in [2.45, 2.75) is 45.1 Å². The molecule has 0 aliphatic carbocycles. The smallest absolute Gasteiger partial charge is 0.216 e. The Hall–Kier alpha value is -4.10. The van der Waals surface area contributed by atoms with Crippen molar-refractivity contribution in [3.8, 4) is 16.8 Å². The van der Waals surface area contributed by atoms with E-state index in [1.807, 2.05) is 42.6 Å². The van der Waals surface area contributed by atoms with Crippen LogP contribution < -0.4 is 5.32 Å². The van der Waals surface area contributed by atoms with Crippen LogP contribution in [0.4, 0.5) is 4.39 Å². The number of carbonyl (C=O) groups excluding carboxylic acids is 2. The van der Waals surface area contributed by atoms with Crippen molar-refractivity contribution < 1.29 is 18.7 Å². The molecule has 2 aliphatic rings. The summed E-state index contributed by atoms with van der Waals surface area (Å²) in [5.41, 5.74) is 8.32. The molecule has 1 amide bonds. The molecule has 1 N–H and O–H groups in total. The Balaban J connectivity index is 1.47. The number of hydrogen-bond donors (Lipinski definition) is 1. The van der Waals surface area contributed by atoms with Crippen molar-refractivity contribution >= 4 is 28.8 Å². The zero-order valence-corrected chi connectivity index (χ0v) is 22.6. The minimum atomic E-state index is -0.265. The molecule has 7 heteroatoms. The molecule has 0 atom stereocenters. The minimum absolute atomic E-state index is 0.0604. The third kappa shape index (κ3) is 5.09. The molecule has 4 aromatic rings. The summed E-state index contributed by atoms with van der Waals surface area (Å²) in [7, 11) is 0. The summed E-state index contributed by atoms with van der Waals surface area (Å²) < 4.78 is 22.0. The SMILES string of the molecule is CC(=O)NCCCC(=O)c1ccc(-c2c(C3CCOCC3)n(-c3ccc(F)cc3)c3cc4c(cc23)CN=C4)cc1. The van der Waals surface area contributed by atoms with Gasteiger partial charge in [0.1, 0.15) is 5.82 Å². The third-order valence-electron chi connectivity index (χ3n) is 7.90. The normalized spacial score (nSPS) is 14.9. The monoisotopic (exact) mass is 537 g/mol. The van der Waals surface area contributed by atoms with Crippen molar-refractivity contribution in [2.75, 3.05) is 19.8 Å². The Labute approximate surface area is 232 Å². The molecule has 204 valence electrons. The number of ether oxygens (including phenoxy) is 1. The fourth-order valence-electron chi connectivity index (χ4n) is 5.92. The lowest BCUT2D eigenvalue weighted by Crippen LogP contribution is -2.21. The lowest BCUT2D eigenvalue weighted by molar-refractivity contribution is -0.118. The van der Waals surface area contributed by atoms with E-state index >= 15 is 0 Å². The number of fused-ring (bicyclic) bond motifs is 2. The summed E-state index contributed by atoms with van der Waals surface area (Å²) in [6.07, 6.45) is 4.71. The number of amides is 1. The third-order valence-corrected chi connectivity index (χ3v) is 7.90. The maximum atomic E-state index is 14.0. The van der Waals surface area contributed by atoms with E-state index in [4.69, 9.17) is 4.74 Å². The highest BCUT2D eigenvalue weighted by atomic mass is 19.1. The number of halogens is 1. The first-order valence-corrected chi connectivity index (χ1v) is 13.9. The van der Waals surface area contributed by atoms with Crippen LogP contribution in [0.15, 0.2) is 65.7 Å². The molecular formula is C33H32FN3O3. The number of aliphatic imine (C=N–C) groups is 1. The van der Waals surface area contributed by atoms with E-state index in [1.54, 1.807) is 0 Å². The van der Waals surface area contributed by atoms with Crippen LogP contribution in [0.2, 0.25) is 0 Å². The Morgan fingerprint density at radius 1 is 1.05 bits per heavy atom. The molecule has 2 aliphatic heterocycles. The highest BCUT2D eigenvalue weighted by molar-refractivity contribution is 6.04. The molecule has 6 nitrogen and oxygen atoms in total. The number of nitrogens with zero attached hydrogens (tertiary/aromatic N) is 2. The molecule has 0 saturated carbocycles. The van der Waals surface area contributed by atoms with Gasteiger partial charge in [0.05, 0.1) is 12.1 Å². The minimum Gasteiger partial charge on any atom is -0.381 e. The molecule has 40 heavy (non-hydrogen) atoms. The summed E-state index contributed by atoms with van der Waals surface area (Å²) in [5.74, 6) is -0.0300. The molecule has 3 aromatic carbocycles. The summed E-state index contributed by atoms with van der Waals surface area (Å²) >= 11 is 0. The highest BCUT2D eigenvalue weighted by Gasteiger charge is 2.29. The van der Waals surface area contributed by atoms with Crippen molar-refractivity contribution in [2.24, 2.45) is 4.99 Å². The molecule has 0 spiro atoms. The molecule has 1 saturated heterocycles. The fourth-order valence-corrected chi connectivity index (χ4v) is 5.92. The molecule has 1 fully saturated rings. The molecule has 1 aromatic heterocycles. The number of ketones is 1. The zero-order valence-electron chi connectivity index (χ0n) is 22.6. The van der Waals surface area contributed by atoms with Gasteiger partial charge in [0.25, 0.3) is 0 Å². The predicted molar refractivity (Wildman–Crippen MR) is 155 cm³/mol. The highest BCUT2D eigenvalue weighted by Crippen LogP contribution is 2.44. The standard InChI is InChI=1S/C33H32FN3O3/c1-21(38)36-14-2-3-31(39)22-4-6-23(7-5-22)32-29-17-25-19-35-20-26(25)18-30(29)37(28-10-8-27(34)9-11-28)33(32)24-12-15-40-16-13-24/h4-11,17-18,20,24H,2-3,12-16,19H2,1H3,(H,36,38). The van der Waals surface area contributed by atoms with Crippen LogP contribution >= 0.6 is 0 Å². The van der Waals surface area contributed by atoms with Gasteiger partial charge in [-0.1, -0.05) is 24.3 Å². The topological polar surface area (TPSA) is 72.7 Å². The second kappa shape index (κ2) is 11.2. The van der Waals surface area contributed by atoms with Gasteiger partial charge in [0.2, 0.25) is 5.91 Å². The fraction of sp³-hybridized carbons (Fsp3) is 0.303. The largest absolute Gasteiger partial charge is 0.381 e. The molecule has 0 bridgehead atoms.